The molecule has 1 unspecified atom stereocenters. The average Bonchev–Trinajstić information content (AvgIpc) is 2.98. The fraction of sp³-hybridized carbons (Fsp3) is 0.267. The maximum absolute atomic E-state index is 13.9. The van der Waals surface area contributed by atoms with Crippen molar-refractivity contribution < 1.29 is 19.1 Å². The fourth-order valence-electron chi connectivity index (χ4n) is 3.93. The predicted octanol–water partition coefficient (Wildman–Crippen LogP) is 5.05. The molecule has 0 fully saturated rings. The van der Waals surface area contributed by atoms with Crippen LogP contribution in [0, 0.1) is 12.3 Å². The van der Waals surface area contributed by atoms with Crippen molar-refractivity contribution in [2.24, 2.45) is 10.4 Å². The summed E-state index contributed by atoms with van der Waals surface area (Å²) in [4.78, 5) is 45.8. The molecule has 7 heteroatoms. The second kappa shape index (κ2) is 10.8. The number of carbonyl (C=O) groups is 3. The van der Waals surface area contributed by atoms with E-state index < -0.39 is 23.6 Å². The van der Waals surface area contributed by atoms with Gasteiger partial charge in [0, 0.05) is 16.5 Å². The summed E-state index contributed by atoms with van der Waals surface area (Å²) in [7, 11) is 0. The van der Waals surface area contributed by atoms with Crippen LogP contribution in [0.1, 0.15) is 43.0 Å². The Labute approximate surface area is 217 Å². The average molecular weight is 498 g/mol. The summed E-state index contributed by atoms with van der Waals surface area (Å²) in [6, 6.07) is 24.4. The Bertz CT molecular complexity index is 1330. The number of amides is 2. The number of carbonyl (C=O) groups excluding carboxylic acids is 3. The molecule has 0 saturated heterocycles. The molecule has 0 saturated carbocycles. The van der Waals surface area contributed by atoms with Crippen LogP contribution >= 0.6 is 0 Å². The van der Waals surface area contributed by atoms with Crippen molar-refractivity contribution >= 4 is 29.2 Å². The van der Waals surface area contributed by atoms with E-state index in [2.05, 4.69) is 5.32 Å². The SMILES string of the molecule is Cc1ccc2c(c1)N(CC(=O)C(C)(C)C)C(=O)C(NC(=O)OCc1ccccc1)N=C2c1ccccc1. The fourth-order valence-corrected chi connectivity index (χ4v) is 3.93. The summed E-state index contributed by atoms with van der Waals surface area (Å²) < 4.78 is 5.37. The first-order valence-corrected chi connectivity index (χ1v) is 12.2. The minimum absolute atomic E-state index is 0.0501. The van der Waals surface area contributed by atoms with Gasteiger partial charge in [0.05, 0.1) is 17.9 Å². The zero-order chi connectivity index (χ0) is 26.6. The van der Waals surface area contributed by atoms with E-state index >= 15 is 0 Å². The van der Waals surface area contributed by atoms with Gasteiger partial charge in [0.15, 0.2) is 5.78 Å². The molecule has 1 heterocycles. The third-order valence-corrected chi connectivity index (χ3v) is 6.11. The van der Waals surface area contributed by atoms with Gasteiger partial charge in [0.1, 0.15) is 6.61 Å². The number of benzene rings is 3. The number of hydrogen-bond acceptors (Lipinski definition) is 5. The van der Waals surface area contributed by atoms with Crippen molar-refractivity contribution in [3.8, 4) is 0 Å². The van der Waals surface area contributed by atoms with E-state index in [0.717, 1.165) is 16.7 Å². The Morgan fingerprint density at radius 1 is 0.973 bits per heavy atom. The molecule has 0 aromatic heterocycles. The van der Waals surface area contributed by atoms with Gasteiger partial charge in [-0.25, -0.2) is 9.79 Å². The lowest BCUT2D eigenvalue weighted by molar-refractivity contribution is -0.127. The normalized spacial score (nSPS) is 15.4. The van der Waals surface area contributed by atoms with Crippen LogP contribution in [0.4, 0.5) is 10.5 Å². The van der Waals surface area contributed by atoms with Gasteiger partial charge in [-0.2, -0.15) is 0 Å². The molecular formula is C30H31N3O4. The van der Waals surface area contributed by atoms with Gasteiger partial charge >= 0.3 is 6.09 Å². The zero-order valence-corrected chi connectivity index (χ0v) is 21.5. The van der Waals surface area contributed by atoms with Crippen molar-refractivity contribution in [1.29, 1.82) is 0 Å². The summed E-state index contributed by atoms with van der Waals surface area (Å²) in [5, 5.41) is 2.62. The van der Waals surface area contributed by atoms with Gasteiger partial charge in [-0.1, -0.05) is 93.6 Å². The smallest absolute Gasteiger partial charge is 0.409 e. The van der Waals surface area contributed by atoms with Crippen molar-refractivity contribution in [1.82, 2.24) is 5.32 Å². The number of nitrogens with one attached hydrogen (secondary N) is 1. The van der Waals surface area contributed by atoms with Gasteiger partial charge < -0.3 is 9.64 Å². The molecule has 1 aliphatic rings. The summed E-state index contributed by atoms with van der Waals surface area (Å²) in [5.74, 6) is -0.617. The number of rotatable bonds is 6. The highest BCUT2D eigenvalue weighted by atomic mass is 16.5. The van der Waals surface area contributed by atoms with Crippen LogP contribution in [-0.4, -0.2) is 36.2 Å². The zero-order valence-electron chi connectivity index (χ0n) is 21.5. The maximum Gasteiger partial charge on any atom is 0.409 e. The van der Waals surface area contributed by atoms with E-state index in [1.54, 1.807) is 0 Å². The van der Waals surface area contributed by atoms with E-state index in [1.165, 1.54) is 4.90 Å². The maximum atomic E-state index is 13.9. The molecular weight excluding hydrogens is 466 g/mol. The molecule has 37 heavy (non-hydrogen) atoms. The summed E-state index contributed by atoms with van der Waals surface area (Å²) in [5.41, 5.74) is 3.70. The van der Waals surface area contributed by atoms with Crippen LogP contribution in [0.5, 0.6) is 0 Å². The first-order valence-electron chi connectivity index (χ1n) is 12.2. The number of ketones is 1. The quantitative estimate of drug-likeness (QED) is 0.516. The molecule has 3 aromatic carbocycles. The number of nitrogens with zero attached hydrogens (tertiary/aromatic N) is 2. The van der Waals surface area contributed by atoms with Crippen molar-refractivity contribution in [3.05, 3.63) is 101 Å². The number of benzodiazepines with no additional fused rings is 1. The molecule has 0 spiro atoms. The number of alkyl carbamates (subject to hydrolysis) is 1. The van der Waals surface area contributed by atoms with E-state index in [-0.39, 0.29) is 18.9 Å². The highest BCUT2D eigenvalue weighted by Gasteiger charge is 2.36. The predicted molar refractivity (Wildman–Crippen MR) is 144 cm³/mol. The molecule has 1 N–H and O–H groups in total. The van der Waals surface area contributed by atoms with E-state index in [1.807, 2.05) is 107 Å². The Hall–Kier alpha value is -4.26. The third kappa shape index (κ3) is 6.12. The van der Waals surface area contributed by atoms with Crippen LogP contribution in [-0.2, 0) is 20.9 Å². The number of aryl methyl sites for hydroxylation is 1. The standard InChI is InChI=1S/C30H31N3O4/c1-20-15-16-23-24(17-20)33(18-25(34)30(2,3)4)28(35)27(31-26(23)22-13-9-6-10-14-22)32-29(36)37-19-21-11-7-5-8-12-21/h5-17,27H,18-19H2,1-4H3,(H,32,36). The van der Waals surface area contributed by atoms with Crippen molar-refractivity contribution in [2.75, 3.05) is 11.4 Å². The summed E-state index contributed by atoms with van der Waals surface area (Å²) in [6.45, 7) is 7.28. The van der Waals surface area contributed by atoms with Gasteiger partial charge in [0.25, 0.3) is 5.91 Å². The number of hydrogen-bond donors (Lipinski definition) is 1. The van der Waals surface area contributed by atoms with Crippen LogP contribution in [0.15, 0.2) is 83.9 Å². The third-order valence-electron chi connectivity index (χ3n) is 6.11. The Morgan fingerprint density at radius 3 is 2.27 bits per heavy atom. The number of Topliss-reactive ketones (excluding diaryl/α,β-unsaturated/α-hetero) is 1. The van der Waals surface area contributed by atoms with Crippen LogP contribution in [0.25, 0.3) is 0 Å². The lowest BCUT2D eigenvalue weighted by Gasteiger charge is -2.28. The molecule has 1 atom stereocenters. The highest BCUT2D eigenvalue weighted by Crippen LogP contribution is 2.30. The van der Waals surface area contributed by atoms with Crippen LogP contribution in [0.2, 0.25) is 0 Å². The van der Waals surface area contributed by atoms with E-state index in [0.29, 0.717) is 17.0 Å². The first kappa shape index (κ1) is 25.8. The molecule has 1 aliphatic heterocycles. The van der Waals surface area contributed by atoms with E-state index in [4.69, 9.17) is 9.73 Å². The topological polar surface area (TPSA) is 88.1 Å². The number of anilines is 1. The largest absolute Gasteiger partial charge is 0.445 e. The summed E-state index contributed by atoms with van der Waals surface area (Å²) in [6.07, 6.45) is -2.05. The molecule has 0 bridgehead atoms. The van der Waals surface area contributed by atoms with Crippen molar-refractivity contribution in [2.45, 2.75) is 40.5 Å². The summed E-state index contributed by atoms with van der Waals surface area (Å²) >= 11 is 0. The first-order chi connectivity index (χ1) is 17.6. The molecule has 7 nitrogen and oxygen atoms in total. The van der Waals surface area contributed by atoms with Gasteiger partial charge in [-0.05, 0) is 24.1 Å². The minimum Gasteiger partial charge on any atom is -0.445 e. The van der Waals surface area contributed by atoms with Gasteiger partial charge in [-0.3, -0.25) is 14.9 Å². The second-order valence-corrected chi connectivity index (χ2v) is 10.1. The van der Waals surface area contributed by atoms with Crippen molar-refractivity contribution in [3.63, 3.8) is 0 Å². The number of fused-ring (bicyclic) bond motifs is 1. The lowest BCUT2D eigenvalue weighted by Crippen LogP contribution is -2.50. The molecule has 0 aliphatic carbocycles. The second-order valence-electron chi connectivity index (χ2n) is 10.1. The monoisotopic (exact) mass is 497 g/mol. The molecule has 0 radical (unpaired) electrons. The molecule has 3 aromatic rings. The number of aliphatic imine (C=N–C) groups is 1. The Balaban J connectivity index is 1.73. The van der Waals surface area contributed by atoms with Crippen LogP contribution in [0.3, 0.4) is 0 Å². The lowest BCUT2D eigenvalue weighted by atomic mass is 9.90. The number of ether oxygens (including phenoxy) is 1. The molecule has 2 amide bonds. The molecule has 190 valence electrons. The highest BCUT2D eigenvalue weighted by molar-refractivity contribution is 6.21. The molecule has 4 rings (SSSR count). The van der Waals surface area contributed by atoms with Crippen LogP contribution < -0.4 is 10.2 Å². The Morgan fingerprint density at radius 2 is 1.62 bits per heavy atom. The van der Waals surface area contributed by atoms with Gasteiger partial charge in [-0.15, -0.1) is 0 Å². The van der Waals surface area contributed by atoms with Gasteiger partial charge in [0.2, 0.25) is 6.17 Å². The van der Waals surface area contributed by atoms with E-state index in [9.17, 15) is 14.4 Å². The Kier molecular flexibility index (Phi) is 7.53. The minimum atomic E-state index is -1.28.